The maximum atomic E-state index is 11.0. The molecule has 0 fully saturated rings. The number of hydrogen-bond acceptors (Lipinski definition) is 1. The van der Waals surface area contributed by atoms with Crippen LogP contribution < -0.4 is 5.32 Å². The molecule has 0 aliphatic rings. The van der Waals surface area contributed by atoms with Crippen LogP contribution >= 0.6 is 0 Å². The number of allylic oxidation sites excluding steroid dienone is 3. The molecule has 0 heterocycles. The highest BCUT2D eigenvalue weighted by molar-refractivity contribution is 5.88. The third-order valence-corrected chi connectivity index (χ3v) is 1.48. The second-order valence-corrected chi connectivity index (χ2v) is 2.51. The van der Waals surface area contributed by atoms with Gasteiger partial charge in [-0.2, -0.15) is 0 Å². The molecule has 2 heteroatoms. The zero-order chi connectivity index (χ0) is 10.1. The molecule has 0 aromatic rings. The van der Waals surface area contributed by atoms with Gasteiger partial charge in [-0.3, -0.25) is 4.79 Å². The molecule has 0 aromatic heterocycles. The van der Waals surface area contributed by atoms with Crippen molar-refractivity contribution in [3.8, 4) is 11.8 Å². The SMILES string of the molecule is CC#CCNC(=O)/C=C/C(C)=C\C. The van der Waals surface area contributed by atoms with E-state index >= 15 is 0 Å². The summed E-state index contributed by atoms with van der Waals surface area (Å²) in [6, 6.07) is 0. The minimum absolute atomic E-state index is 0.107. The van der Waals surface area contributed by atoms with E-state index in [0.717, 1.165) is 5.57 Å². The molecule has 0 spiro atoms. The second-order valence-electron chi connectivity index (χ2n) is 2.51. The number of rotatable bonds is 3. The quantitative estimate of drug-likeness (QED) is 0.396. The molecule has 0 aliphatic carbocycles. The lowest BCUT2D eigenvalue weighted by molar-refractivity contribution is -0.116. The summed E-state index contributed by atoms with van der Waals surface area (Å²) in [6.07, 6.45) is 5.22. The van der Waals surface area contributed by atoms with Crippen molar-refractivity contribution in [2.45, 2.75) is 20.8 Å². The molecule has 0 unspecified atom stereocenters. The molecule has 0 radical (unpaired) electrons. The zero-order valence-electron chi connectivity index (χ0n) is 8.35. The maximum Gasteiger partial charge on any atom is 0.244 e. The van der Waals surface area contributed by atoms with E-state index in [2.05, 4.69) is 17.2 Å². The fourth-order valence-electron chi connectivity index (χ4n) is 0.582. The third kappa shape index (κ3) is 6.89. The molecule has 1 amide bonds. The molecule has 0 bridgehead atoms. The van der Waals surface area contributed by atoms with Gasteiger partial charge in [-0.1, -0.05) is 23.6 Å². The van der Waals surface area contributed by atoms with Crippen LogP contribution in [0.5, 0.6) is 0 Å². The summed E-state index contributed by atoms with van der Waals surface area (Å²) in [5.74, 6) is 5.34. The van der Waals surface area contributed by atoms with Gasteiger partial charge in [0.1, 0.15) is 0 Å². The van der Waals surface area contributed by atoms with E-state index in [0.29, 0.717) is 6.54 Å². The predicted molar refractivity (Wildman–Crippen MR) is 55.0 cm³/mol. The Balaban J connectivity index is 3.85. The van der Waals surface area contributed by atoms with E-state index in [1.807, 2.05) is 19.9 Å². The lowest BCUT2D eigenvalue weighted by Crippen LogP contribution is -2.20. The van der Waals surface area contributed by atoms with Crippen LogP contribution in [0.3, 0.4) is 0 Å². The van der Waals surface area contributed by atoms with Crippen LogP contribution in [-0.4, -0.2) is 12.5 Å². The van der Waals surface area contributed by atoms with Crippen LogP contribution in [0.2, 0.25) is 0 Å². The Bertz CT molecular complexity index is 276. The number of hydrogen-bond donors (Lipinski definition) is 1. The molecule has 70 valence electrons. The fourth-order valence-corrected chi connectivity index (χ4v) is 0.582. The van der Waals surface area contributed by atoms with Gasteiger partial charge in [0, 0.05) is 6.08 Å². The standard InChI is InChI=1S/C11H15NO/c1-4-6-9-12-11(13)8-7-10(3)5-2/h5,7-8H,9H2,1-3H3,(H,12,13)/b8-7+,10-5-. The van der Waals surface area contributed by atoms with E-state index in [1.165, 1.54) is 6.08 Å². The number of nitrogens with one attached hydrogen (secondary N) is 1. The lowest BCUT2D eigenvalue weighted by Gasteiger charge is -1.93. The summed E-state index contributed by atoms with van der Waals surface area (Å²) in [5.41, 5.74) is 1.07. The van der Waals surface area contributed by atoms with Crippen molar-refractivity contribution in [1.29, 1.82) is 0 Å². The van der Waals surface area contributed by atoms with E-state index in [4.69, 9.17) is 0 Å². The van der Waals surface area contributed by atoms with E-state index in [-0.39, 0.29) is 5.91 Å². The van der Waals surface area contributed by atoms with Gasteiger partial charge >= 0.3 is 0 Å². The summed E-state index contributed by atoms with van der Waals surface area (Å²) in [7, 11) is 0. The van der Waals surface area contributed by atoms with Gasteiger partial charge in [0.2, 0.25) is 5.91 Å². The fraction of sp³-hybridized carbons (Fsp3) is 0.364. The van der Waals surface area contributed by atoms with Crippen molar-refractivity contribution >= 4 is 5.91 Å². The number of carbonyl (C=O) groups is 1. The Labute approximate surface area is 79.7 Å². The van der Waals surface area contributed by atoms with Gasteiger partial charge in [-0.25, -0.2) is 0 Å². The molecule has 13 heavy (non-hydrogen) atoms. The van der Waals surface area contributed by atoms with Crippen molar-refractivity contribution in [3.63, 3.8) is 0 Å². The number of carbonyl (C=O) groups excluding carboxylic acids is 1. The highest BCUT2D eigenvalue weighted by Gasteiger charge is 1.90. The normalized spacial score (nSPS) is 10.8. The zero-order valence-corrected chi connectivity index (χ0v) is 8.35. The Morgan fingerprint density at radius 1 is 1.46 bits per heavy atom. The van der Waals surface area contributed by atoms with Crippen LogP contribution in [0.15, 0.2) is 23.8 Å². The van der Waals surface area contributed by atoms with E-state index in [1.54, 1.807) is 13.0 Å². The van der Waals surface area contributed by atoms with E-state index < -0.39 is 0 Å². The minimum Gasteiger partial charge on any atom is -0.342 e. The summed E-state index contributed by atoms with van der Waals surface area (Å²) >= 11 is 0. The van der Waals surface area contributed by atoms with Crippen molar-refractivity contribution in [2.75, 3.05) is 6.54 Å². The highest BCUT2D eigenvalue weighted by atomic mass is 16.1. The molecule has 0 aromatic carbocycles. The largest absolute Gasteiger partial charge is 0.342 e. The molecule has 0 rings (SSSR count). The summed E-state index contributed by atoms with van der Waals surface area (Å²) in [5, 5.41) is 2.64. The van der Waals surface area contributed by atoms with Gasteiger partial charge in [0.05, 0.1) is 6.54 Å². The third-order valence-electron chi connectivity index (χ3n) is 1.48. The van der Waals surface area contributed by atoms with Gasteiger partial charge in [-0.15, -0.1) is 5.92 Å². The van der Waals surface area contributed by atoms with Gasteiger partial charge in [0.25, 0.3) is 0 Å². The average molecular weight is 177 g/mol. The summed E-state index contributed by atoms with van der Waals surface area (Å²) < 4.78 is 0. The molecule has 0 aliphatic heterocycles. The number of amides is 1. The highest BCUT2D eigenvalue weighted by Crippen LogP contribution is 1.92. The van der Waals surface area contributed by atoms with Crippen LogP contribution in [0.4, 0.5) is 0 Å². The Kier molecular flexibility index (Phi) is 6.35. The van der Waals surface area contributed by atoms with E-state index in [9.17, 15) is 4.79 Å². The van der Waals surface area contributed by atoms with Crippen LogP contribution in [-0.2, 0) is 4.79 Å². The Hall–Kier alpha value is -1.49. The van der Waals surface area contributed by atoms with Gasteiger partial charge < -0.3 is 5.32 Å². The lowest BCUT2D eigenvalue weighted by atomic mass is 10.2. The maximum absolute atomic E-state index is 11.0. The van der Waals surface area contributed by atoms with Crippen molar-refractivity contribution in [2.24, 2.45) is 0 Å². The summed E-state index contributed by atoms with van der Waals surface area (Å²) in [4.78, 5) is 11.0. The summed E-state index contributed by atoms with van der Waals surface area (Å²) in [6.45, 7) is 6.02. The predicted octanol–water partition coefficient (Wildman–Crippen LogP) is 1.65. The van der Waals surface area contributed by atoms with Crippen molar-refractivity contribution in [3.05, 3.63) is 23.8 Å². The van der Waals surface area contributed by atoms with Gasteiger partial charge in [0.15, 0.2) is 0 Å². The smallest absolute Gasteiger partial charge is 0.244 e. The molecule has 0 saturated carbocycles. The topological polar surface area (TPSA) is 29.1 Å². The van der Waals surface area contributed by atoms with Crippen molar-refractivity contribution < 1.29 is 4.79 Å². The first-order valence-electron chi connectivity index (χ1n) is 4.19. The minimum atomic E-state index is -0.107. The Morgan fingerprint density at radius 2 is 2.15 bits per heavy atom. The van der Waals surface area contributed by atoms with Crippen LogP contribution in [0.25, 0.3) is 0 Å². The molecule has 2 nitrogen and oxygen atoms in total. The Morgan fingerprint density at radius 3 is 2.69 bits per heavy atom. The average Bonchev–Trinajstić information content (AvgIpc) is 2.14. The first kappa shape index (κ1) is 11.5. The van der Waals surface area contributed by atoms with Crippen LogP contribution in [0, 0.1) is 11.8 Å². The first-order chi connectivity index (χ1) is 6.20. The molecule has 1 N–H and O–H groups in total. The van der Waals surface area contributed by atoms with Gasteiger partial charge in [-0.05, 0) is 20.8 Å². The second kappa shape index (κ2) is 7.17. The molecule has 0 saturated heterocycles. The first-order valence-corrected chi connectivity index (χ1v) is 4.19. The molecular weight excluding hydrogens is 162 g/mol. The van der Waals surface area contributed by atoms with Crippen molar-refractivity contribution in [1.82, 2.24) is 5.32 Å². The molecule has 0 atom stereocenters. The monoisotopic (exact) mass is 177 g/mol. The van der Waals surface area contributed by atoms with Crippen LogP contribution in [0.1, 0.15) is 20.8 Å². The molecular formula is C11H15NO.